The van der Waals surface area contributed by atoms with Crippen LogP contribution in [0, 0.1) is 5.92 Å². The lowest BCUT2D eigenvalue weighted by atomic mass is 9.93. The summed E-state index contributed by atoms with van der Waals surface area (Å²) in [6.07, 6.45) is 6.32. The molecule has 0 saturated heterocycles. The van der Waals surface area contributed by atoms with Crippen molar-refractivity contribution in [1.82, 2.24) is 10.2 Å². The van der Waals surface area contributed by atoms with Gasteiger partial charge in [-0.2, -0.15) is 0 Å². The Morgan fingerprint density at radius 1 is 1.26 bits per heavy atom. The third-order valence-electron chi connectivity index (χ3n) is 3.99. The Labute approximate surface area is 118 Å². The molecule has 0 spiro atoms. The highest BCUT2D eigenvalue weighted by Crippen LogP contribution is 2.23. The molecule has 1 aliphatic carbocycles. The van der Waals surface area contributed by atoms with Crippen molar-refractivity contribution >= 4 is 5.91 Å². The van der Waals surface area contributed by atoms with Crippen molar-refractivity contribution in [1.29, 1.82) is 0 Å². The van der Waals surface area contributed by atoms with Crippen LogP contribution in [0.2, 0.25) is 0 Å². The van der Waals surface area contributed by atoms with Gasteiger partial charge in [0.25, 0.3) is 0 Å². The molecular formula is C15H31N3O. The van der Waals surface area contributed by atoms with Gasteiger partial charge in [-0.25, -0.2) is 0 Å². The second-order valence-electron chi connectivity index (χ2n) is 6.13. The van der Waals surface area contributed by atoms with Crippen LogP contribution < -0.4 is 11.1 Å². The monoisotopic (exact) mass is 269 g/mol. The second-order valence-corrected chi connectivity index (χ2v) is 6.13. The summed E-state index contributed by atoms with van der Waals surface area (Å²) in [5.41, 5.74) is 5.72. The topological polar surface area (TPSA) is 58.4 Å². The smallest absolute Gasteiger partial charge is 0.237 e. The molecule has 1 rings (SSSR count). The molecule has 1 aliphatic rings. The number of carbonyl (C=O) groups excluding carboxylic acids is 1. The van der Waals surface area contributed by atoms with E-state index in [-0.39, 0.29) is 11.9 Å². The Bertz CT molecular complexity index is 262. The minimum Gasteiger partial charge on any atom is -0.354 e. The maximum Gasteiger partial charge on any atom is 0.237 e. The fraction of sp³-hybridized carbons (Fsp3) is 0.933. The summed E-state index contributed by atoms with van der Waals surface area (Å²) in [5, 5.41) is 3.04. The standard InChI is InChI=1S/C15H31N3O/c1-12(2)11-17-15(19)13(3)18(10-9-16)14-7-5-4-6-8-14/h12-14H,4-11,16H2,1-3H3,(H,17,19). The number of nitrogens with one attached hydrogen (secondary N) is 1. The van der Waals surface area contributed by atoms with Crippen LogP contribution >= 0.6 is 0 Å². The number of carbonyl (C=O) groups is 1. The first-order chi connectivity index (χ1) is 9.06. The molecule has 112 valence electrons. The van der Waals surface area contributed by atoms with E-state index < -0.39 is 0 Å². The van der Waals surface area contributed by atoms with Gasteiger partial charge in [0.15, 0.2) is 0 Å². The lowest BCUT2D eigenvalue weighted by Gasteiger charge is -2.37. The summed E-state index contributed by atoms with van der Waals surface area (Å²) in [7, 11) is 0. The average molecular weight is 269 g/mol. The Hall–Kier alpha value is -0.610. The van der Waals surface area contributed by atoms with Crippen LogP contribution in [0.3, 0.4) is 0 Å². The fourth-order valence-corrected chi connectivity index (χ4v) is 2.86. The van der Waals surface area contributed by atoms with Gasteiger partial charge < -0.3 is 11.1 Å². The molecule has 1 atom stereocenters. The van der Waals surface area contributed by atoms with E-state index in [1.54, 1.807) is 0 Å². The van der Waals surface area contributed by atoms with Crippen LogP contribution in [0.1, 0.15) is 52.9 Å². The van der Waals surface area contributed by atoms with E-state index in [1.165, 1.54) is 32.1 Å². The zero-order valence-corrected chi connectivity index (χ0v) is 12.8. The van der Waals surface area contributed by atoms with Crippen molar-refractivity contribution in [2.75, 3.05) is 19.6 Å². The molecule has 1 saturated carbocycles. The molecular weight excluding hydrogens is 238 g/mol. The van der Waals surface area contributed by atoms with Gasteiger partial charge >= 0.3 is 0 Å². The first-order valence-electron chi connectivity index (χ1n) is 7.79. The van der Waals surface area contributed by atoms with Gasteiger partial charge in [0.2, 0.25) is 5.91 Å². The van der Waals surface area contributed by atoms with E-state index in [1.807, 2.05) is 6.92 Å². The van der Waals surface area contributed by atoms with E-state index >= 15 is 0 Å². The van der Waals surface area contributed by atoms with Crippen molar-refractivity contribution in [2.45, 2.75) is 65.0 Å². The molecule has 3 N–H and O–H groups in total. The van der Waals surface area contributed by atoms with Crippen LogP contribution in [-0.2, 0) is 4.79 Å². The summed E-state index contributed by atoms with van der Waals surface area (Å²) < 4.78 is 0. The molecule has 1 unspecified atom stereocenters. The zero-order chi connectivity index (χ0) is 14.3. The summed E-state index contributed by atoms with van der Waals surface area (Å²) >= 11 is 0. The first-order valence-corrected chi connectivity index (χ1v) is 7.79. The van der Waals surface area contributed by atoms with Crippen molar-refractivity contribution < 1.29 is 4.79 Å². The van der Waals surface area contributed by atoms with Gasteiger partial charge in [0.05, 0.1) is 6.04 Å². The SMILES string of the molecule is CC(C)CNC(=O)C(C)N(CCN)C1CCCCC1. The van der Waals surface area contributed by atoms with E-state index in [9.17, 15) is 4.79 Å². The van der Waals surface area contributed by atoms with Crippen LogP contribution in [0.25, 0.3) is 0 Å². The highest BCUT2D eigenvalue weighted by Gasteiger charge is 2.28. The Morgan fingerprint density at radius 2 is 1.89 bits per heavy atom. The van der Waals surface area contributed by atoms with Gasteiger partial charge in [-0.3, -0.25) is 9.69 Å². The van der Waals surface area contributed by atoms with Crippen molar-refractivity contribution in [3.05, 3.63) is 0 Å². The first kappa shape index (κ1) is 16.4. The maximum absolute atomic E-state index is 12.2. The Morgan fingerprint density at radius 3 is 2.42 bits per heavy atom. The van der Waals surface area contributed by atoms with E-state index in [0.717, 1.165) is 13.1 Å². The molecule has 0 radical (unpaired) electrons. The molecule has 1 amide bonds. The normalized spacial score (nSPS) is 18.8. The maximum atomic E-state index is 12.2. The molecule has 0 aromatic rings. The Kier molecular flexibility index (Phi) is 7.39. The molecule has 0 aliphatic heterocycles. The van der Waals surface area contributed by atoms with Crippen LogP contribution in [0.15, 0.2) is 0 Å². The predicted molar refractivity (Wildman–Crippen MR) is 79.9 cm³/mol. The van der Waals surface area contributed by atoms with E-state index in [0.29, 0.717) is 18.5 Å². The average Bonchev–Trinajstić information content (AvgIpc) is 2.42. The minimum absolute atomic E-state index is 0.0644. The number of rotatable bonds is 7. The van der Waals surface area contributed by atoms with Crippen molar-refractivity contribution in [3.63, 3.8) is 0 Å². The van der Waals surface area contributed by atoms with Crippen molar-refractivity contribution in [2.24, 2.45) is 11.7 Å². The van der Waals surface area contributed by atoms with Crippen LogP contribution in [0.4, 0.5) is 0 Å². The number of nitrogens with two attached hydrogens (primary N) is 1. The summed E-state index contributed by atoms with van der Waals surface area (Å²) in [4.78, 5) is 14.5. The summed E-state index contributed by atoms with van der Waals surface area (Å²) in [5.74, 6) is 0.640. The molecule has 0 aromatic heterocycles. The zero-order valence-electron chi connectivity index (χ0n) is 12.8. The summed E-state index contributed by atoms with van der Waals surface area (Å²) in [6, 6.07) is 0.475. The molecule has 4 nitrogen and oxygen atoms in total. The van der Waals surface area contributed by atoms with Gasteiger partial charge in [-0.1, -0.05) is 33.1 Å². The quantitative estimate of drug-likeness (QED) is 0.740. The number of amides is 1. The van der Waals surface area contributed by atoms with E-state index in [2.05, 4.69) is 24.1 Å². The third kappa shape index (κ3) is 5.49. The lowest BCUT2D eigenvalue weighted by Crippen LogP contribution is -2.52. The van der Waals surface area contributed by atoms with Gasteiger partial charge in [0.1, 0.15) is 0 Å². The number of nitrogens with zero attached hydrogens (tertiary/aromatic N) is 1. The van der Waals surface area contributed by atoms with Gasteiger partial charge in [0, 0.05) is 25.7 Å². The largest absolute Gasteiger partial charge is 0.354 e. The van der Waals surface area contributed by atoms with Crippen molar-refractivity contribution in [3.8, 4) is 0 Å². The predicted octanol–water partition coefficient (Wildman–Crippen LogP) is 1.74. The second kappa shape index (κ2) is 8.54. The van der Waals surface area contributed by atoms with Gasteiger partial charge in [-0.05, 0) is 25.7 Å². The van der Waals surface area contributed by atoms with Crippen LogP contribution in [0.5, 0.6) is 0 Å². The molecule has 19 heavy (non-hydrogen) atoms. The lowest BCUT2D eigenvalue weighted by molar-refractivity contribution is -0.127. The van der Waals surface area contributed by atoms with Gasteiger partial charge in [-0.15, -0.1) is 0 Å². The van der Waals surface area contributed by atoms with Crippen LogP contribution in [-0.4, -0.2) is 42.5 Å². The Balaban J connectivity index is 2.55. The highest BCUT2D eigenvalue weighted by molar-refractivity contribution is 5.81. The minimum atomic E-state index is -0.0644. The molecule has 4 heteroatoms. The molecule has 0 heterocycles. The number of hydrogen-bond donors (Lipinski definition) is 2. The number of hydrogen-bond acceptors (Lipinski definition) is 3. The van der Waals surface area contributed by atoms with E-state index in [4.69, 9.17) is 5.73 Å². The highest BCUT2D eigenvalue weighted by atomic mass is 16.2. The fourth-order valence-electron chi connectivity index (χ4n) is 2.86. The molecule has 0 bridgehead atoms. The molecule has 0 aromatic carbocycles. The summed E-state index contributed by atoms with van der Waals surface area (Å²) in [6.45, 7) is 8.44. The molecule has 1 fully saturated rings. The third-order valence-corrected chi connectivity index (χ3v) is 3.99.